The first kappa shape index (κ1) is 23.2. The maximum atomic E-state index is 10.6. The lowest BCUT2D eigenvalue weighted by Gasteiger charge is -2.12. The number of hydrogen-bond donors (Lipinski definition) is 4. The van der Waals surface area contributed by atoms with Crippen LogP contribution in [0.1, 0.15) is 64.7 Å². The predicted octanol–water partition coefficient (Wildman–Crippen LogP) is 3.35. The summed E-state index contributed by atoms with van der Waals surface area (Å²) in [5, 5.41) is 0. The van der Waals surface area contributed by atoms with Crippen molar-refractivity contribution in [3.8, 4) is 0 Å². The molecule has 8 nitrogen and oxygen atoms in total. The summed E-state index contributed by atoms with van der Waals surface area (Å²) in [5.41, 5.74) is 0. The van der Waals surface area contributed by atoms with E-state index in [1.165, 1.54) is 0 Å². The zero-order valence-corrected chi connectivity index (χ0v) is 15.5. The van der Waals surface area contributed by atoms with Crippen LogP contribution in [0.25, 0.3) is 0 Å². The van der Waals surface area contributed by atoms with Gasteiger partial charge in [-0.1, -0.05) is 51.9 Å². The molecule has 0 aromatic carbocycles. The molecule has 1 atom stereocenters. The van der Waals surface area contributed by atoms with Crippen LogP contribution in [-0.2, 0) is 18.2 Å². The van der Waals surface area contributed by atoms with E-state index in [1.54, 1.807) is 0 Å². The second-order valence-electron chi connectivity index (χ2n) is 5.83. The molecule has 140 valence electrons. The monoisotopic (exact) mass is 376 g/mol. The van der Waals surface area contributed by atoms with E-state index in [0.29, 0.717) is 6.42 Å². The summed E-state index contributed by atoms with van der Waals surface area (Å²) in [6.07, 6.45) is 8.89. The van der Waals surface area contributed by atoms with E-state index in [4.69, 9.17) is 19.6 Å². The van der Waals surface area contributed by atoms with Crippen LogP contribution in [-0.4, -0.2) is 32.8 Å². The molecule has 23 heavy (non-hydrogen) atoms. The van der Waals surface area contributed by atoms with Gasteiger partial charge < -0.3 is 19.6 Å². The third-order valence-corrected chi connectivity index (χ3v) is 4.38. The van der Waals surface area contributed by atoms with Crippen LogP contribution in [0.2, 0.25) is 0 Å². The van der Waals surface area contributed by atoms with Gasteiger partial charge in [0.05, 0.1) is 13.2 Å². The van der Waals surface area contributed by atoms with Gasteiger partial charge in [0.25, 0.3) is 0 Å². The number of phosphoric ester groups is 2. The molecule has 0 saturated carbocycles. The van der Waals surface area contributed by atoms with Crippen LogP contribution >= 0.6 is 15.6 Å². The molecule has 0 rings (SSSR count). The molecule has 0 saturated heterocycles. The lowest BCUT2D eigenvalue weighted by Crippen LogP contribution is -2.04. The molecule has 10 heteroatoms. The van der Waals surface area contributed by atoms with Gasteiger partial charge in [0, 0.05) is 0 Å². The number of unbranched alkanes of at least 4 members (excludes halogenated alkanes) is 7. The highest BCUT2D eigenvalue weighted by atomic mass is 31.2. The average molecular weight is 376 g/mol. The Morgan fingerprint density at radius 3 is 1.65 bits per heavy atom. The topological polar surface area (TPSA) is 134 Å². The van der Waals surface area contributed by atoms with Crippen molar-refractivity contribution in [2.75, 3.05) is 13.2 Å². The van der Waals surface area contributed by atoms with E-state index in [0.717, 1.165) is 51.4 Å². The molecule has 0 bridgehead atoms. The van der Waals surface area contributed by atoms with Crippen molar-refractivity contribution in [1.82, 2.24) is 0 Å². The van der Waals surface area contributed by atoms with Crippen LogP contribution in [0, 0.1) is 5.92 Å². The lowest BCUT2D eigenvalue weighted by atomic mass is 10.0. The molecule has 0 amide bonds. The Bertz CT molecular complexity index is 378. The highest BCUT2D eigenvalue weighted by Gasteiger charge is 2.15. The normalized spacial score (nSPS) is 14.1. The van der Waals surface area contributed by atoms with Crippen LogP contribution < -0.4 is 0 Å². The summed E-state index contributed by atoms with van der Waals surface area (Å²) in [5.74, 6) is 0.136. The zero-order valence-electron chi connectivity index (χ0n) is 13.7. The van der Waals surface area contributed by atoms with Gasteiger partial charge in [0.1, 0.15) is 0 Å². The Morgan fingerprint density at radius 2 is 1.17 bits per heavy atom. The molecule has 0 fully saturated rings. The van der Waals surface area contributed by atoms with Crippen molar-refractivity contribution in [3.05, 3.63) is 0 Å². The molecule has 0 spiro atoms. The van der Waals surface area contributed by atoms with Gasteiger partial charge in [0.2, 0.25) is 0 Å². The first-order valence-electron chi connectivity index (χ1n) is 8.00. The predicted molar refractivity (Wildman–Crippen MR) is 86.7 cm³/mol. The van der Waals surface area contributed by atoms with E-state index < -0.39 is 15.6 Å². The summed E-state index contributed by atoms with van der Waals surface area (Å²) in [4.78, 5) is 34.2. The van der Waals surface area contributed by atoms with E-state index in [9.17, 15) is 9.13 Å². The smallest absolute Gasteiger partial charge is 0.303 e. The van der Waals surface area contributed by atoms with Gasteiger partial charge in [-0.3, -0.25) is 9.05 Å². The summed E-state index contributed by atoms with van der Waals surface area (Å²) < 4.78 is 29.8. The second kappa shape index (κ2) is 12.6. The van der Waals surface area contributed by atoms with Crippen LogP contribution in [0.5, 0.6) is 0 Å². The standard InChI is InChI=1S/C13H30O8P2/c1-13(12-21-23(17,18)19)10-8-6-4-2-3-5-7-9-11-20-22(14,15)16/h13H,2-12H2,1H3,(H2,14,15,16)(H2,17,18,19). The minimum absolute atomic E-state index is 0.0843. The summed E-state index contributed by atoms with van der Waals surface area (Å²) in [6.45, 7) is 2.09. The lowest BCUT2D eigenvalue weighted by molar-refractivity contribution is 0.168. The fourth-order valence-corrected chi connectivity index (χ4v) is 2.96. The van der Waals surface area contributed by atoms with Crippen molar-refractivity contribution in [2.45, 2.75) is 64.7 Å². The minimum Gasteiger partial charge on any atom is -0.303 e. The van der Waals surface area contributed by atoms with E-state index in [-0.39, 0.29) is 19.1 Å². The summed E-state index contributed by atoms with van der Waals surface area (Å²) >= 11 is 0. The Labute approximate surface area is 138 Å². The first-order valence-corrected chi connectivity index (χ1v) is 11.1. The SMILES string of the molecule is CC(CCCCCCCCCCOP(=O)(O)O)COP(=O)(O)O. The van der Waals surface area contributed by atoms with Crippen LogP contribution in [0.4, 0.5) is 0 Å². The van der Waals surface area contributed by atoms with E-state index in [2.05, 4.69) is 9.05 Å². The maximum Gasteiger partial charge on any atom is 0.469 e. The molecule has 4 N–H and O–H groups in total. The highest BCUT2D eigenvalue weighted by Crippen LogP contribution is 2.36. The Balaban J connectivity index is 3.27. The second-order valence-corrected chi connectivity index (χ2v) is 8.31. The number of rotatable bonds is 15. The largest absolute Gasteiger partial charge is 0.469 e. The van der Waals surface area contributed by atoms with Crippen molar-refractivity contribution in [2.24, 2.45) is 5.92 Å². The van der Waals surface area contributed by atoms with Gasteiger partial charge in [-0.25, -0.2) is 9.13 Å². The van der Waals surface area contributed by atoms with Gasteiger partial charge >= 0.3 is 15.6 Å². The Morgan fingerprint density at radius 1 is 0.739 bits per heavy atom. The Kier molecular flexibility index (Phi) is 12.7. The van der Waals surface area contributed by atoms with Crippen LogP contribution in [0.15, 0.2) is 0 Å². The molecule has 0 aliphatic heterocycles. The molecule has 0 aliphatic carbocycles. The molecule has 0 aliphatic rings. The average Bonchev–Trinajstić information content (AvgIpc) is 2.40. The molecular formula is C13H30O8P2. The molecule has 0 aromatic rings. The van der Waals surface area contributed by atoms with Gasteiger partial charge in [-0.05, 0) is 18.8 Å². The van der Waals surface area contributed by atoms with Crippen LogP contribution in [0.3, 0.4) is 0 Å². The molecule has 0 aromatic heterocycles. The van der Waals surface area contributed by atoms with E-state index >= 15 is 0 Å². The fourth-order valence-electron chi connectivity index (χ4n) is 2.15. The quantitative estimate of drug-likeness (QED) is 0.253. The zero-order chi connectivity index (χ0) is 17.8. The number of hydrogen-bond acceptors (Lipinski definition) is 4. The van der Waals surface area contributed by atoms with Gasteiger partial charge in [-0.2, -0.15) is 0 Å². The van der Waals surface area contributed by atoms with Crippen molar-refractivity contribution in [3.63, 3.8) is 0 Å². The summed E-state index contributed by atoms with van der Waals surface area (Å²) in [6, 6.07) is 0. The first-order chi connectivity index (χ1) is 10.6. The van der Waals surface area contributed by atoms with Crippen molar-refractivity contribution < 1.29 is 37.8 Å². The highest BCUT2D eigenvalue weighted by molar-refractivity contribution is 7.46. The molecule has 1 unspecified atom stereocenters. The third kappa shape index (κ3) is 20.2. The minimum atomic E-state index is -4.35. The number of phosphoric acid groups is 2. The summed E-state index contributed by atoms with van der Waals surface area (Å²) in [7, 11) is -8.66. The fraction of sp³-hybridized carbons (Fsp3) is 1.00. The third-order valence-electron chi connectivity index (χ3n) is 3.38. The van der Waals surface area contributed by atoms with E-state index in [1.807, 2.05) is 6.92 Å². The maximum absolute atomic E-state index is 10.6. The molecule has 0 radical (unpaired) electrons. The molecule has 0 heterocycles. The van der Waals surface area contributed by atoms with Crippen molar-refractivity contribution >= 4 is 15.6 Å². The van der Waals surface area contributed by atoms with Gasteiger partial charge in [-0.15, -0.1) is 0 Å². The van der Waals surface area contributed by atoms with Crippen molar-refractivity contribution in [1.29, 1.82) is 0 Å². The molecular weight excluding hydrogens is 346 g/mol. The van der Waals surface area contributed by atoms with Gasteiger partial charge in [0.15, 0.2) is 0 Å². The Hall–Kier alpha value is 0.220.